The Labute approximate surface area is 136 Å². The highest BCUT2D eigenvalue weighted by Gasteiger charge is 2.36. The minimum Gasteiger partial charge on any atom is -0.497 e. The van der Waals surface area contributed by atoms with Crippen LogP contribution in [-0.2, 0) is 0 Å². The second kappa shape index (κ2) is 9.55. The molecule has 0 saturated carbocycles. The van der Waals surface area contributed by atoms with E-state index in [1.165, 1.54) is 0 Å². The third-order valence-electron chi connectivity index (χ3n) is 1.78. The van der Waals surface area contributed by atoms with E-state index < -0.39 is 43.3 Å². The highest BCUT2D eigenvalue weighted by molar-refractivity contribution is 5.73. The van der Waals surface area contributed by atoms with Crippen molar-refractivity contribution in [2.45, 2.75) is 0 Å². The molecule has 0 aromatic heterocycles. The first kappa shape index (κ1) is 22.8. The quantitative estimate of drug-likeness (QED) is 0.131. The van der Waals surface area contributed by atoms with Crippen molar-refractivity contribution >= 4 is 29.0 Å². The maximum absolute atomic E-state index is 10.4. The van der Waals surface area contributed by atoms with Crippen LogP contribution >= 0.6 is 0 Å². The molecule has 17 nitrogen and oxygen atoms in total. The van der Waals surface area contributed by atoms with Crippen molar-refractivity contribution in [3.63, 3.8) is 0 Å². The van der Waals surface area contributed by atoms with E-state index in [9.17, 15) is 30.3 Å². The van der Waals surface area contributed by atoms with Gasteiger partial charge in [-0.2, -0.15) is 0 Å². The Hall–Kier alpha value is -4.44. The summed E-state index contributed by atoms with van der Waals surface area (Å²) in [5.74, 6) is -3.55. The van der Waals surface area contributed by atoms with Gasteiger partial charge in [0.1, 0.15) is 6.07 Å². The zero-order valence-corrected chi connectivity index (χ0v) is 12.1. The Balaban J connectivity index is 0. The fourth-order valence-corrected chi connectivity index (χ4v) is 1.07. The van der Waals surface area contributed by atoms with Gasteiger partial charge in [0, 0.05) is 0 Å². The number of nitrogens with zero attached hydrogens (tertiary/aromatic N) is 3. The normalized spacial score (nSPS) is 8.64. The Morgan fingerprint density at radius 2 is 1.04 bits per heavy atom. The molecule has 0 aliphatic rings. The van der Waals surface area contributed by atoms with E-state index in [0.717, 1.165) is 0 Å². The second-order valence-corrected chi connectivity index (χ2v) is 3.64. The maximum atomic E-state index is 10.4. The molecule has 1 aromatic rings. The van der Waals surface area contributed by atoms with E-state index in [1.807, 2.05) is 0 Å². The molecule has 1 rings (SSSR count). The van der Waals surface area contributed by atoms with Gasteiger partial charge in [-0.1, -0.05) is 0 Å². The summed E-state index contributed by atoms with van der Waals surface area (Å²) in [5.41, 5.74) is 13.9. The molecule has 0 bridgehead atoms. The van der Waals surface area contributed by atoms with Crippen molar-refractivity contribution in [1.82, 2.24) is 0 Å². The number of phenolic OH excluding ortho intramolecular Hbond substituents is 2. The zero-order chi connectivity index (χ0) is 20.5. The zero-order valence-electron chi connectivity index (χ0n) is 12.1. The van der Waals surface area contributed by atoms with Crippen LogP contribution in [0.3, 0.4) is 0 Å². The molecule has 0 spiro atoms. The van der Waals surface area contributed by atoms with E-state index in [1.54, 1.807) is 0 Å². The molecular weight excluding hydrogens is 350 g/mol. The van der Waals surface area contributed by atoms with Crippen LogP contribution in [0.25, 0.3) is 0 Å². The molecule has 25 heavy (non-hydrogen) atoms. The van der Waals surface area contributed by atoms with Gasteiger partial charge in [-0.3, -0.25) is 41.2 Å². The van der Waals surface area contributed by atoms with Crippen molar-refractivity contribution in [2.24, 2.45) is 22.9 Å². The summed E-state index contributed by atoms with van der Waals surface area (Å²) in [6, 6.07) is 0.234. The number of nitrogens with one attached hydrogen (secondary N) is 2. The topological polar surface area (TPSA) is 322 Å². The molecule has 0 aliphatic heterocycles. The summed E-state index contributed by atoms with van der Waals surface area (Å²) in [5, 5.41) is 61.6. The summed E-state index contributed by atoms with van der Waals surface area (Å²) in [7, 11) is 0. The number of guanidine groups is 2. The molecule has 0 atom stereocenters. The standard InChI is InChI=1S/C6H3N3O8.2CH5N3/c10-5-2(7(12)13)1-3(8(14)15)6(11)4(5)9(16)17;2*2-1(3)4/h1,10-11H;2*(H5,2,3,4). The summed E-state index contributed by atoms with van der Waals surface area (Å²) in [4.78, 5) is 27.4. The van der Waals surface area contributed by atoms with Gasteiger partial charge in [-0.25, -0.2) is 0 Å². The minimum atomic E-state index is -1.48. The van der Waals surface area contributed by atoms with E-state index >= 15 is 0 Å². The smallest absolute Gasteiger partial charge is 0.366 e. The van der Waals surface area contributed by atoms with Crippen LogP contribution in [0.15, 0.2) is 6.07 Å². The first-order valence-corrected chi connectivity index (χ1v) is 5.45. The number of rotatable bonds is 3. The monoisotopic (exact) mass is 363 g/mol. The largest absolute Gasteiger partial charge is 0.497 e. The number of benzene rings is 1. The highest BCUT2D eigenvalue weighted by atomic mass is 16.6. The van der Waals surface area contributed by atoms with Gasteiger partial charge in [0.25, 0.3) is 11.5 Å². The molecule has 138 valence electrons. The van der Waals surface area contributed by atoms with Gasteiger partial charge in [0.05, 0.1) is 14.8 Å². The molecule has 1 aromatic carbocycles. The molecule has 0 fully saturated rings. The summed E-state index contributed by atoms with van der Waals surface area (Å²) in [6.07, 6.45) is 0. The lowest BCUT2D eigenvalue weighted by Gasteiger charge is -2.00. The summed E-state index contributed by atoms with van der Waals surface area (Å²) in [6.45, 7) is 0. The minimum absolute atomic E-state index is 0.234. The number of phenols is 2. The predicted molar refractivity (Wildman–Crippen MR) is 81.9 cm³/mol. The lowest BCUT2D eigenvalue weighted by Crippen LogP contribution is -2.20. The van der Waals surface area contributed by atoms with Gasteiger partial charge in [-0.15, -0.1) is 0 Å². The van der Waals surface area contributed by atoms with Crippen LogP contribution in [0.4, 0.5) is 17.1 Å². The SMILES string of the molecule is N=C(N)N.N=C(N)N.O=[N+]([O-])c1cc([N+](=O)[O-])c(O)c([N+](=O)[O-])c1O. The van der Waals surface area contributed by atoms with E-state index in [-0.39, 0.29) is 18.0 Å². The summed E-state index contributed by atoms with van der Waals surface area (Å²) >= 11 is 0. The molecule has 0 heterocycles. The van der Waals surface area contributed by atoms with Gasteiger partial charge >= 0.3 is 17.1 Å². The highest BCUT2D eigenvalue weighted by Crippen LogP contribution is 2.47. The van der Waals surface area contributed by atoms with E-state index in [4.69, 9.17) is 21.0 Å². The Kier molecular flexibility index (Phi) is 8.72. The van der Waals surface area contributed by atoms with Gasteiger partial charge in [0.2, 0.25) is 0 Å². The van der Waals surface area contributed by atoms with Crippen molar-refractivity contribution in [3.8, 4) is 11.5 Å². The molecule has 0 saturated heterocycles. The first-order chi connectivity index (χ1) is 11.2. The number of aromatic hydroxyl groups is 2. The lowest BCUT2D eigenvalue weighted by molar-refractivity contribution is -0.405. The fraction of sp³-hybridized carbons (Fsp3) is 0. The average molecular weight is 363 g/mol. The van der Waals surface area contributed by atoms with Crippen LogP contribution < -0.4 is 22.9 Å². The number of nitro benzene ring substituents is 3. The molecule has 12 N–H and O–H groups in total. The Morgan fingerprint density at radius 3 is 1.20 bits per heavy atom. The fourth-order valence-electron chi connectivity index (χ4n) is 1.07. The van der Waals surface area contributed by atoms with Gasteiger partial charge in [0.15, 0.2) is 11.9 Å². The summed E-state index contributed by atoms with van der Waals surface area (Å²) < 4.78 is 0. The number of nitrogens with two attached hydrogens (primary N) is 4. The molecular formula is C8H13N9O8. The maximum Gasteiger partial charge on any atom is 0.366 e. The lowest BCUT2D eigenvalue weighted by atomic mass is 10.2. The molecule has 0 radical (unpaired) electrons. The van der Waals surface area contributed by atoms with E-state index in [2.05, 4.69) is 22.9 Å². The number of nitro groups is 3. The Bertz CT molecular complexity index is 660. The van der Waals surface area contributed by atoms with Gasteiger partial charge < -0.3 is 33.1 Å². The molecule has 0 aliphatic carbocycles. The molecule has 17 heteroatoms. The van der Waals surface area contributed by atoms with Crippen molar-refractivity contribution in [2.75, 3.05) is 0 Å². The molecule has 0 amide bonds. The van der Waals surface area contributed by atoms with Crippen LogP contribution in [0.5, 0.6) is 11.5 Å². The second-order valence-electron chi connectivity index (χ2n) is 3.64. The number of hydrogen-bond acceptors (Lipinski definition) is 10. The molecule has 0 unspecified atom stereocenters. The van der Waals surface area contributed by atoms with Gasteiger partial charge in [-0.05, 0) is 0 Å². The van der Waals surface area contributed by atoms with Crippen LogP contribution in [0, 0.1) is 41.2 Å². The predicted octanol–water partition coefficient (Wildman–Crippen LogP) is -1.50. The van der Waals surface area contributed by atoms with E-state index in [0.29, 0.717) is 0 Å². The van der Waals surface area contributed by atoms with Crippen LogP contribution in [0.1, 0.15) is 0 Å². The third kappa shape index (κ3) is 7.94. The Morgan fingerprint density at radius 1 is 0.800 bits per heavy atom. The third-order valence-corrected chi connectivity index (χ3v) is 1.78. The van der Waals surface area contributed by atoms with Crippen LogP contribution in [0.2, 0.25) is 0 Å². The van der Waals surface area contributed by atoms with Crippen molar-refractivity contribution in [1.29, 1.82) is 10.8 Å². The number of hydrogen-bond donors (Lipinski definition) is 8. The van der Waals surface area contributed by atoms with Crippen LogP contribution in [-0.4, -0.2) is 36.9 Å². The average Bonchev–Trinajstić information content (AvgIpc) is 2.35. The first-order valence-electron chi connectivity index (χ1n) is 5.45. The van der Waals surface area contributed by atoms with Crippen molar-refractivity contribution < 1.29 is 25.0 Å². The van der Waals surface area contributed by atoms with Crippen molar-refractivity contribution in [3.05, 3.63) is 36.4 Å².